The molecule has 1 N–H and O–H groups in total. The summed E-state index contributed by atoms with van der Waals surface area (Å²) in [4.78, 5) is 25.1. The summed E-state index contributed by atoms with van der Waals surface area (Å²) in [6, 6.07) is 4.31. The minimum atomic E-state index is -1.00. The molecule has 13 heavy (non-hydrogen) atoms. The predicted molar refractivity (Wildman–Crippen MR) is 45.3 cm³/mol. The molecule has 64 valence electrons. The molecule has 0 spiro atoms. The fraction of sp³-hybridized carbons (Fsp3) is 0. The van der Waals surface area contributed by atoms with Gasteiger partial charge in [0.1, 0.15) is 0 Å². The molecule has 1 aromatic rings. The van der Waals surface area contributed by atoms with Gasteiger partial charge in [-0.25, -0.2) is 9.79 Å². The second-order valence-corrected chi connectivity index (χ2v) is 2.67. The van der Waals surface area contributed by atoms with Gasteiger partial charge in [-0.15, -0.1) is 0 Å². The molecule has 0 unspecified atom stereocenters. The summed E-state index contributed by atoms with van der Waals surface area (Å²) in [5.74, 6) is -1.32. The Kier molecular flexibility index (Phi) is 1.48. The quantitative estimate of drug-likeness (QED) is 0.691. The first-order valence-corrected chi connectivity index (χ1v) is 3.64. The molecule has 0 saturated heterocycles. The molecule has 4 nitrogen and oxygen atoms in total. The largest absolute Gasteiger partial charge is 0.478 e. The summed E-state index contributed by atoms with van der Waals surface area (Å²) in [6.07, 6.45) is 1.38. The molecule has 1 aliphatic heterocycles. The highest BCUT2D eigenvalue weighted by Gasteiger charge is 2.16. The van der Waals surface area contributed by atoms with Crippen LogP contribution >= 0.6 is 0 Å². The average molecular weight is 175 g/mol. The van der Waals surface area contributed by atoms with Crippen LogP contribution < -0.4 is 0 Å². The highest BCUT2D eigenvalue weighted by atomic mass is 16.4. The summed E-state index contributed by atoms with van der Waals surface area (Å²) in [6.45, 7) is 0. The van der Waals surface area contributed by atoms with Crippen molar-refractivity contribution in [2.45, 2.75) is 0 Å². The van der Waals surface area contributed by atoms with E-state index < -0.39 is 5.97 Å². The monoisotopic (exact) mass is 175 g/mol. The second-order valence-electron chi connectivity index (χ2n) is 2.67. The van der Waals surface area contributed by atoms with Crippen molar-refractivity contribution in [3.05, 3.63) is 34.9 Å². The number of carboxylic acid groups (broad SMARTS) is 1. The van der Waals surface area contributed by atoms with E-state index >= 15 is 0 Å². The van der Waals surface area contributed by atoms with Crippen LogP contribution in [-0.2, 0) is 0 Å². The summed E-state index contributed by atoms with van der Waals surface area (Å²) in [5.41, 5.74) is 1.20. The molecule has 1 aromatic carbocycles. The van der Waals surface area contributed by atoms with E-state index in [1.54, 1.807) is 0 Å². The van der Waals surface area contributed by atoms with Crippen molar-refractivity contribution in [1.29, 1.82) is 0 Å². The van der Waals surface area contributed by atoms with Gasteiger partial charge in [-0.3, -0.25) is 4.79 Å². The van der Waals surface area contributed by atoms with Crippen LogP contribution in [-0.4, -0.2) is 23.2 Å². The zero-order chi connectivity index (χ0) is 9.42. The number of aromatic carboxylic acids is 1. The Morgan fingerprint density at radius 1 is 1.38 bits per heavy atom. The number of carbonyl (C=O) groups is 2. The Bertz CT molecular complexity index is 434. The molecule has 0 aliphatic carbocycles. The number of carbonyl (C=O) groups excluding carboxylic acids is 1. The minimum absolute atomic E-state index is 0.167. The fourth-order valence-corrected chi connectivity index (χ4v) is 1.20. The molecule has 4 heteroatoms. The first-order valence-electron chi connectivity index (χ1n) is 3.64. The zero-order valence-electron chi connectivity index (χ0n) is 6.52. The van der Waals surface area contributed by atoms with Gasteiger partial charge in [0, 0.05) is 11.8 Å². The van der Waals surface area contributed by atoms with E-state index in [9.17, 15) is 9.59 Å². The van der Waals surface area contributed by atoms with E-state index in [0.717, 1.165) is 0 Å². The number of nitrogens with zero attached hydrogens (tertiary/aromatic N) is 1. The number of carboxylic acids is 1. The molecule has 0 aromatic heterocycles. The van der Waals surface area contributed by atoms with Gasteiger partial charge < -0.3 is 5.11 Å². The third kappa shape index (κ3) is 1.12. The Hall–Kier alpha value is -1.97. The molecule has 2 rings (SSSR count). The number of amides is 1. The normalized spacial score (nSPS) is 13.1. The molecule has 1 heterocycles. The second kappa shape index (κ2) is 2.52. The average Bonchev–Trinajstić information content (AvgIpc) is 2.47. The van der Waals surface area contributed by atoms with Crippen LogP contribution in [0.3, 0.4) is 0 Å². The minimum Gasteiger partial charge on any atom is -0.478 e. The van der Waals surface area contributed by atoms with Crippen molar-refractivity contribution in [3.8, 4) is 0 Å². The Balaban J connectivity index is 2.57. The summed E-state index contributed by atoms with van der Waals surface area (Å²) in [7, 11) is 0. The maximum absolute atomic E-state index is 11.0. The molecule has 1 amide bonds. The van der Waals surface area contributed by atoms with E-state index in [1.165, 1.54) is 24.4 Å². The number of aliphatic imine (C=N–C) groups is 1. The van der Waals surface area contributed by atoms with Gasteiger partial charge >= 0.3 is 5.97 Å². The van der Waals surface area contributed by atoms with Gasteiger partial charge in [-0.1, -0.05) is 0 Å². The lowest BCUT2D eigenvalue weighted by Crippen LogP contribution is -1.99. The molecule has 0 saturated carbocycles. The van der Waals surface area contributed by atoms with E-state index in [-0.39, 0.29) is 11.5 Å². The van der Waals surface area contributed by atoms with Crippen LogP contribution in [0.4, 0.5) is 0 Å². The topological polar surface area (TPSA) is 66.7 Å². The van der Waals surface area contributed by atoms with Crippen molar-refractivity contribution in [1.82, 2.24) is 0 Å². The number of hydrogen-bond donors (Lipinski definition) is 1. The van der Waals surface area contributed by atoms with Crippen LogP contribution in [0.5, 0.6) is 0 Å². The van der Waals surface area contributed by atoms with Crippen molar-refractivity contribution < 1.29 is 14.7 Å². The number of hydrogen-bond acceptors (Lipinski definition) is 2. The maximum Gasteiger partial charge on any atom is 0.335 e. The summed E-state index contributed by atoms with van der Waals surface area (Å²) >= 11 is 0. The van der Waals surface area contributed by atoms with Crippen LogP contribution in [0.2, 0.25) is 0 Å². The molecule has 0 atom stereocenters. The van der Waals surface area contributed by atoms with Crippen LogP contribution in [0.15, 0.2) is 23.2 Å². The molecular formula is C9H5NO3. The molecular weight excluding hydrogens is 170 g/mol. The Morgan fingerprint density at radius 2 is 2.15 bits per heavy atom. The predicted octanol–water partition coefficient (Wildman–Crippen LogP) is 0.958. The standard InChI is InChI=1S/C9H5NO3/c11-8-7-2-1-5(9(12)13)3-6(7)4-10-8/h1-4H,(H,12,13). The van der Waals surface area contributed by atoms with E-state index in [1.807, 2.05) is 0 Å². The molecule has 0 bridgehead atoms. The van der Waals surface area contributed by atoms with Crippen LogP contribution in [0, 0.1) is 0 Å². The van der Waals surface area contributed by atoms with E-state index in [4.69, 9.17) is 5.11 Å². The van der Waals surface area contributed by atoms with Gasteiger partial charge in [-0.2, -0.15) is 0 Å². The van der Waals surface area contributed by atoms with Gasteiger partial charge in [-0.05, 0) is 18.2 Å². The highest BCUT2D eigenvalue weighted by Crippen LogP contribution is 2.16. The zero-order valence-corrected chi connectivity index (χ0v) is 6.52. The molecule has 0 fully saturated rings. The van der Waals surface area contributed by atoms with Gasteiger partial charge in [0.15, 0.2) is 0 Å². The number of fused-ring (bicyclic) bond motifs is 1. The van der Waals surface area contributed by atoms with E-state index in [0.29, 0.717) is 11.1 Å². The van der Waals surface area contributed by atoms with Crippen LogP contribution in [0.25, 0.3) is 0 Å². The van der Waals surface area contributed by atoms with Crippen LogP contribution in [0.1, 0.15) is 26.3 Å². The fourth-order valence-electron chi connectivity index (χ4n) is 1.20. The van der Waals surface area contributed by atoms with Crippen molar-refractivity contribution in [3.63, 3.8) is 0 Å². The SMILES string of the molecule is O=C(O)c1ccc2c(c1)C=NC2=O. The van der Waals surface area contributed by atoms with Crippen molar-refractivity contribution >= 4 is 18.1 Å². The maximum atomic E-state index is 11.0. The summed E-state index contributed by atoms with van der Waals surface area (Å²) in [5, 5.41) is 8.65. The van der Waals surface area contributed by atoms with Gasteiger partial charge in [0.05, 0.1) is 11.1 Å². The number of rotatable bonds is 1. The lowest BCUT2D eigenvalue weighted by molar-refractivity contribution is 0.0696. The van der Waals surface area contributed by atoms with E-state index in [2.05, 4.69) is 4.99 Å². The third-order valence-corrected chi connectivity index (χ3v) is 1.85. The molecule has 1 aliphatic rings. The molecule has 0 radical (unpaired) electrons. The Labute approximate surface area is 73.5 Å². The van der Waals surface area contributed by atoms with Gasteiger partial charge in [0.2, 0.25) is 0 Å². The Morgan fingerprint density at radius 3 is 2.85 bits per heavy atom. The van der Waals surface area contributed by atoms with Crippen molar-refractivity contribution in [2.24, 2.45) is 4.99 Å². The first-order chi connectivity index (χ1) is 6.18. The third-order valence-electron chi connectivity index (χ3n) is 1.85. The van der Waals surface area contributed by atoms with Gasteiger partial charge in [0.25, 0.3) is 5.91 Å². The lowest BCUT2D eigenvalue weighted by atomic mass is 10.1. The highest BCUT2D eigenvalue weighted by molar-refractivity contribution is 6.13. The summed E-state index contributed by atoms with van der Waals surface area (Å²) < 4.78 is 0. The van der Waals surface area contributed by atoms with Crippen molar-refractivity contribution in [2.75, 3.05) is 0 Å². The number of benzene rings is 1. The first kappa shape index (κ1) is 7.67. The smallest absolute Gasteiger partial charge is 0.335 e. The lowest BCUT2D eigenvalue weighted by Gasteiger charge is -1.96.